The van der Waals surface area contributed by atoms with Gasteiger partial charge in [-0.25, -0.2) is 4.79 Å². The van der Waals surface area contributed by atoms with Gasteiger partial charge in [-0.3, -0.25) is 14.7 Å². The number of benzene rings is 1. The fraction of sp³-hybridized carbons (Fsp3) is 0.536. The third-order valence-electron chi connectivity index (χ3n) is 6.67. The highest BCUT2D eigenvalue weighted by atomic mass is 16.6. The molecule has 8 heteroatoms. The lowest BCUT2D eigenvalue weighted by Crippen LogP contribution is -2.47. The van der Waals surface area contributed by atoms with Crippen LogP contribution in [0.25, 0.3) is 10.9 Å². The largest absolute Gasteiger partial charge is 0.497 e. The van der Waals surface area contributed by atoms with Gasteiger partial charge >= 0.3 is 11.9 Å². The molecule has 1 aliphatic heterocycles. The first kappa shape index (κ1) is 27.6. The van der Waals surface area contributed by atoms with Gasteiger partial charge in [-0.1, -0.05) is 13.0 Å². The lowest BCUT2D eigenvalue weighted by atomic mass is 9.86. The molecule has 4 atom stereocenters. The van der Waals surface area contributed by atoms with Crippen LogP contribution in [0.3, 0.4) is 0 Å². The van der Waals surface area contributed by atoms with E-state index in [4.69, 9.17) is 18.9 Å². The number of hydrogen-bond acceptors (Lipinski definition) is 8. The first-order valence-corrected chi connectivity index (χ1v) is 12.5. The summed E-state index contributed by atoms with van der Waals surface area (Å²) < 4.78 is 22.3. The lowest BCUT2D eigenvalue weighted by molar-refractivity contribution is -0.174. The summed E-state index contributed by atoms with van der Waals surface area (Å²) in [6.07, 6.45) is 3.34. The van der Waals surface area contributed by atoms with Gasteiger partial charge in [0, 0.05) is 23.7 Å². The Morgan fingerprint density at radius 2 is 2.00 bits per heavy atom. The van der Waals surface area contributed by atoms with Crippen molar-refractivity contribution in [3.05, 3.63) is 48.7 Å². The number of pyridine rings is 1. The van der Waals surface area contributed by atoms with Gasteiger partial charge in [0.2, 0.25) is 0 Å². The zero-order valence-electron chi connectivity index (χ0n) is 21.9. The molecule has 0 bridgehead atoms. The number of rotatable bonds is 11. The Hall–Kier alpha value is -2.97. The minimum absolute atomic E-state index is 0.0650. The van der Waals surface area contributed by atoms with Crippen LogP contribution in [-0.4, -0.2) is 67.4 Å². The van der Waals surface area contributed by atoms with E-state index in [2.05, 4.69) is 23.4 Å². The van der Waals surface area contributed by atoms with Crippen LogP contribution in [0.2, 0.25) is 0 Å². The van der Waals surface area contributed by atoms with Crippen molar-refractivity contribution in [2.75, 3.05) is 27.3 Å². The van der Waals surface area contributed by atoms with Crippen LogP contribution in [0, 0.1) is 5.92 Å². The van der Waals surface area contributed by atoms with Crippen LogP contribution in [-0.2, 0) is 23.8 Å². The predicted molar refractivity (Wildman–Crippen MR) is 138 cm³/mol. The summed E-state index contributed by atoms with van der Waals surface area (Å²) in [6.45, 7) is 11.3. The Balaban J connectivity index is 2.05. The predicted octanol–water partition coefficient (Wildman–Crippen LogP) is 4.47. The van der Waals surface area contributed by atoms with Gasteiger partial charge in [0.05, 0.1) is 38.3 Å². The fourth-order valence-corrected chi connectivity index (χ4v) is 4.82. The second-order valence-corrected chi connectivity index (χ2v) is 9.32. The minimum Gasteiger partial charge on any atom is -0.497 e. The molecule has 2 heterocycles. The van der Waals surface area contributed by atoms with E-state index in [1.54, 1.807) is 13.3 Å². The number of aromatic nitrogens is 1. The van der Waals surface area contributed by atoms with E-state index in [9.17, 15) is 9.59 Å². The molecule has 1 aromatic carbocycles. The van der Waals surface area contributed by atoms with Crippen molar-refractivity contribution in [2.24, 2.45) is 5.92 Å². The van der Waals surface area contributed by atoms with Gasteiger partial charge in [0.15, 0.2) is 6.10 Å². The third-order valence-corrected chi connectivity index (χ3v) is 6.67. The molecule has 8 nitrogen and oxygen atoms in total. The Labute approximate surface area is 213 Å². The number of piperidine rings is 1. The highest BCUT2D eigenvalue weighted by Gasteiger charge is 2.38. The quantitative estimate of drug-likeness (QED) is 0.331. The number of likely N-dealkylation sites (N-methyl/N-ethyl adjacent to an activating group) is 1. The standard InChI is InChI=1S/C28H38N2O6/c1-7-19-9-12-24(30(8-2)17-19)27(36-28(32)25(35-18(3)4)16-26(31)34-6)21-13-14-29-23-11-10-20(33-5)15-22(21)23/h7,10-11,13-15,18-19,24-25,27H,1,8-9,12,16-17H2,2-6H3/t19?,24-,25+,27+/m0/s1. The Bertz CT molecular complexity index is 1060. The molecule has 0 aliphatic carbocycles. The number of nitrogens with zero attached hydrogens (tertiary/aromatic N) is 2. The van der Waals surface area contributed by atoms with Crippen molar-refractivity contribution >= 4 is 22.8 Å². The monoisotopic (exact) mass is 498 g/mol. The van der Waals surface area contributed by atoms with E-state index < -0.39 is 24.1 Å². The molecular weight excluding hydrogens is 460 g/mol. The molecule has 1 saturated heterocycles. The summed E-state index contributed by atoms with van der Waals surface area (Å²) in [4.78, 5) is 32.4. The molecule has 1 aliphatic rings. The van der Waals surface area contributed by atoms with Crippen molar-refractivity contribution < 1.29 is 28.5 Å². The maximum absolute atomic E-state index is 13.5. The maximum atomic E-state index is 13.5. The van der Waals surface area contributed by atoms with Crippen molar-refractivity contribution in [1.29, 1.82) is 0 Å². The maximum Gasteiger partial charge on any atom is 0.336 e. The van der Waals surface area contributed by atoms with Crippen molar-refractivity contribution in [3.8, 4) is 5.75 Å². The number of carbonyl (C=O) groups excluding carboxylic acids is 2. The number of ether oxygens (including phenoxy) is 4. The van der Waals surface area contributed by atoms with E-state index >= 15 is 0 Å². The minimum atomic E-state index is -1.07. The Morgan fingerprint density at radius 1 is 1.22 bits per heavy atom. The molecule has 1 fully saturated rings. The average molecular weight is 499 g/mol. The highest BCUT2D eigenvalue weighted by molar-refractivity contribution is 5.85. The Kier molecular flexibility index (Phi) is 9.84. The normalized spacial score (nSPS) is 20.1. The number of fused-ring (bicyclic) bond motifs is 1. The molecule has 196 valence electrons. The molecule has 36 heavy (non-hydrogen) atoms. The highest BCUT2D eigenvalue weighted by Crippen LogP contribution is 2.37. The fourth-order valence-electron chi connectivity index (χ4n) is 4.82. The average Bonchev–Trinajstić information content (AvgIpc) is 2.89. The van der Waals surface area contributed by atoms with Gasteiger partial charge in [0.1, 0.15) is 11.9 Å². The Morgan fingerprint density at radius 3 is 2.64 bits per heavy atom. The van der Waals surface area contributed by atoms with Crippen molar-refractivity contribution in [3.63, 3.8) is 0 Å². The zero-order valence-corrected chi connectivity index (χ0v) is 21.9. The SMILES string of the molecule is C=CC1CC[C@@H]([C@H](OC(=O)[C@@H](CC(=O)OC)OC(C)C)c2ccnc3ccc(OC)cc23)N(CC)C1. The van der Waals surface area contributed by atoms with Gasteiger partial charge in [-0.15, -0.1) is 6.58 Å². The van der Waals surface area contributed by atoms with E-state index in [0.717, 1.165) is 42.4 Å². The third kappa shape index (κ3) is 6.62. The molecule has 0 saturated carbocycles. The van der Waals surface area contributed by atoms with E-state index in [0.29, 0.717) is 11.7 Å². The zero-order chi connectivity index (χ0) is 26.2. The first-order valence-electron chi connectivity index (χ1n) is 12.5. The van der Waals surface area contributed by atoms with E-state index in [1.165, 1.54) is 7.11 Å². The second-order valence-electron chi connectivity index (χ2n) is 9.32. The second kappa shape index (κ2) is 12.8. The van der Waals surface area contributed by atoms with Crippen LogP contribution < -0.4 is 4.74 Å². The molecule has 0 spiro atoms. The van der Waals surface area contributed by atoms with Crippen LogP contribution in [0.15, 0.2) is 43.1 Å². The lowest BCUT2D eigenvalue weighted by Gasteiger charge is -2.42. The number of hydrogen-bond donors (Lipinski definition) is 0. The van der Waals surface area contributed by atoms with Gasteiger partial charge in [-0.05, 0) is 63.4 Å². The number of esters is 2. The van der Waals surface area contributed by atoms with Crippen LogP contribution in [0.5, 0.6) is 5.75 Å². The molecule has 3 rings (SSSR count). The van der Waals surface area contributed by atoms with Crippen LogP contribution in [0.4, 0.5) is 0 Å². The summed E-state index contributed by atoms with van der Waals surface area (Å²) in [6, 6.07) is 7.50. The molecule has 0 N–H and O–H groups in total. The topological polar surface area (TPSA) is 87.2 Å². The van der Waals surface area contributed by atoms with Gasteiger partial charge in [0.25, 0.3) is 0 Å². The number of carbonyl (C=O) groups is 2. The van der Waals surface area contributed by atoms with Gasteiger partial charge in [-0.2, -0.15) is 0 Å². The molecule has 0 radical (unpaired) electrons. The summed E-state index contributed by atoms with van der Waals surface area (Å²) in [7, 11) is 2.90. The molecule has 0 amide bonds. The van der Waals surface area contributed by atoms with Crippen molar-refractivity contribution in [1.82, 2.24) is 9.88 Å². The van der Waals surface area contributed by atoms with Crippen LogP contribution in [0.1, 0.15) is 51.7 Å². The summed E-state index contributed by atoms with van der Waals surface area (Å²) in [5, 5.41) is 0.853. The van der Waals surface area contributed by atoms with E-state index in [-0.39, 0.29) is 18.6 Å². The molecule has 2 aromatic rings. The summed E-state index contributed by atoms with van der Waals surface area (Å²) in [5.41, 5.74) is 1.62. The molecule has 1 aromatic heterocycles. The van der Waals surface area contributed by atoms with Gasteiger partial charge < -0.3 is 18.9 Å². The number of likely N-dealkylation sites (tertiary alicyclic amines) is 1. The first-order chi connectivity index (χ1) is 17.3. The summed E-state index contributed by atoms with van der Waals surface area (Å²) >= 11 is 0. The summed E-state index contributed by atoms with van der Waals surface area (Å²) in [5.74, 6) is -0.0526. The smallest absolute Gasteiger partial charge is 0.336 e. The molecular formula is C28H38N2O6. The van der Waals surface area contributed by atoms with E-state index in [1.807, 2.05) is 44.2 Å². The van der Waals surface area contributed by atoms with Crippen molar-refractivity contribution in [2.45, 2.75) is 64.4 Å². The number of methoxy groups -OCH3 is 2. The van der Waals surface area contributed by atoms with Crippen LogP contribution >= 0.6 is 0 Å². The molecule has 1 unspecified atom stereocenters.